The molecule has 6 N–H and O–H groups in total. The molecule has 2 aromatic heterocycles. The maximum atomic E-state index is 15.5. The molecule has 1 aliphatic carbocycles. The first-order valence-electron chi connectivity index (χ1n) is 24.7. The number of rotatable bonds is 21. The first-order chi connectivity index (χ1) is 36.0. The third kappa shape index (κ3) is 10.4. The van der Waals surface area contributed by atoms with Crippen LogP contribution in [0, 0.1) is 12.7 Å². The zero-order valence-electron chi connectivity index (χ0n) is 41.0. The molecule has 1 fully saturated rings. The number of aryl methyl sites for hydroxylation is 1. The summed E-state index contributed by atoms with van der Waals surface area (Å²) in [6, 6.07) is 9.86. The lowest BCUT2D eigenvalue weighted by Crippen LogP contribution is -2.52. The lowest BCUT2D eigenvalue weighted by atomic mass is 9.81. The molecular weight excluding hydrogens is 978 g/mol. The zero-order valence-corrected chi connectivity index (χ0v) is 41.0. The number of unbranched alkanes of at least 4 members (excludes halogenated alkanes) is 2. The van der Waals surface area contributed by atoms with E-state index in [0.717, 1.165) is 10.5 Å². The summed E-state index contributed by atoms with van der Waals surface area (Å²) in [5.41, 5.74) is 1.83. The number of amides is 8. The quantitative estimate of drug-likeness (QED) is 0.0190. The summed E-state index contributed by atoms with van der Waals surface area (Å²) < 4.78 is 28.0. The van der Waals surface area contributed by atoms with Gasteiger partial charge in [0.05, 0.1) is 54.7 Å². The van der Waals surface area contributed by atoms with Gasteiger partial charge in [-0.05, 0) is 67.3 Å². The Balaban J connectivity index is 0.775. The van der Waals surface area contributed by atoms with Gasteiger partial charge in [-0.1, -0.05) is 43.7 Å². The highest BCUT2D eigenvalue weighted by Gasteiger charge is 2.54. The fourth-order valence-corrected chi connectivity index (χ4v) is 10.2. The Kier molecular flexibility index (Phi) is 14.7. The van der Waals surface area contributed by atoms with Gasteiger partial charge >= 0.3 is 5.97 Å². The SMILES string of the molecule is CC[C@@]1(O)C(=O)OCc2c1cc1n(c2=O)Cc2c-1nc1cc(F)c(C)c3c1c2[C@@H](N1C(=O)C1OCNC(=O)CNC(=O)[C@H](Cc1ccccc1)NC(=O)CNC(=O)CNC(=O)CCCCCN1C(=O)C=CC1=O)CC3. The number of fused-ring (bicyclic) bond motifs is 5. The van der Waals surface area contributed by atoms with Crippen molar-refractivity contribution in [2.75, 3.05) is 32.9 Å². The highest BCUT2D eigenvalue weighted by atomic mass is 19.1. The van der Waals surface area contributed by atoms with Crippen molar-refractivity contribution in [1.82, 2.24) is 45.9 Å². The van der Waals surface area contributed by atoms with Crippen molar-refractivity contribution >= 4 is 64.1 Å². The van der Waals surface area contributed by atoms with Crippen molar-refractivity contribution in [3.8, 4) is 11.4 Å². The lowest BCUT2D eigenvalue weighted by Gasteiger charge is -2.31. The minimum atomic E-state index is -2.06. The second-order valence-electron chi connectivity index (χ2n) is 18.9. The van der Waals surface area contributed by atoms with Gasteiger partial charge in [-0.25, -0.2) is 14.2 Å². The van der Waals surface area contributed by atoms with Crippen LogP contribution in [0.25, 0.3) is 22.3 Å². The summed E-state index contributed by atoms with van der Waals surface area (Å²) in [4.78, 5) is 135. The number of aromatic nitrogens is 2. The molecule has 2 aromatic carbocycles. The molecule has 0 radical (unpaired) electrons. The number of nitrogens with one attached hydrogen (secondary N) is 5. The molecule has 8 amide bonds. The van der Waals surface area contributed by atoms with Gasteiger partial charge in [0.1, 0.15) is 25.2 Å². The predicted octanol–water partition coefficient (Wildman–Crippen LogP) is 0.335. The van der Waals surface area contributed by atoms with Crippen molar-refractivity contribution in [3.63, 3.8) is 0 Å². The molecule has 1 unspecified atom stereocenters. The van der Waals surface area contributed by atoms with E-state index in [4.69, 9.17) is 14.5 Å². The number of pyridine rings is 2. The smallest absolute Gasteiger partial charge is 0.343 e. The molecule has 4 aromatic rings. The molecule has 0 bridgehead atoms. The largest absolute Gasteiger partial charge is 0.458 e. The molecule has 22 nitrogen and oxygen atoms in total. The van der Waals surface area contributed by atoms with Crippen LogP contribution in [0.5, 0.6) is 0 Å². The Labute approximate surface area is 427 Å². The van der Waals surface area contributed by atoms with Crippen molar-refractivity contribution in [1.29, 1.82) is 0 Å². The third-order valence-corrected chi connectivity index (χ3v) is 14.3. The summed E-state index contributed by atoms with van der Waals surface area (Å²) in [5, 5.41) is 24.5. The molecule has 9 rings (SSSR count). The van der Waals surface area contributed by atoms with Gasteiger partial charge in [0, 0.05) is 54.1 Å². The molecule has 23 heteroatoms. The van der Waals surface area contributed by atoms with Crippen molar-refractivity contribution in [2.24, 2.45) is 0 Å². The van der Waals surface area contributed by atoms with E-state index >= 15 is 4.39 Å². The Hall–Kier alpha value is -8.18. The van der Waals surface area contributed by atoms with Crippen molar-refractivity contribution < 1.29 is 62.1 Å². The van der Waals surface area contributed by atoms with Crippen molar-refractivity contribution in [3.05, 3.63) is 110 Å². The molecule has 6 heterocycles. The Morgan fingerprint density at radius 2 is 1.59 bits per heavy atom. The van der Waals surface area contributed by atoms with E-state index < -0.39 is 97.2 Å². The standard InChI is InChI=1S/C52H54FN9O13/c1-3-52(73)32-19-37-46-30(24-61(37)48(70)31(32)25-74-51(52)72)45-36(14-13-29-27(2)33(53)20-34(59-46)44(29)45)62-49(71)50(62)75-26-57-40(65)22-56-47(69)35(18-28-10-6-4-7-11-28)58-41(66)23-55-39(64)21-54-38(63)12-8-5-9-17-60-42(67)15-16-43(60)68/h4,6-7,10-11,15-16,19-20,35-36,50,73H,3,5,8-9,12-14,17-18,21-26H2,1-2H3,(H,54,63)(H,55,64)(H,56,69)(H,57,65)(H,58,66)/t35-,36-,50?,52-,62?/m0/s1. The maximum Gasteiger partial charge on any atom is 0.343 e. The Bertz CT molecular complexity index is 3160. The van der Waals surface area contributed by atoms with E-state index in [1.54, 1.807) is 50.2 Å². The van der Waals surface area contributed by atoms with Crippen LogP contribution < -0.4 is 32.1 Å². The highest BCUT2D eigenvalue weighted by molar-refractivity contribution is 6.12. The van der Waals surface area contributed by atoms with Gasteiger partial charge in [0.15, 0.2) is 5.60 Å². The monoisotopic (exact) mass is 1030 g/mol. The summed E-state index contributed by atoms with van der Waals surface area (Å²) in [5.74, 6) is -5.64. The number of ether oxygens (including phenoxy) is 2. The summed E-state index contributed by atoms with van der Waals surface area (Å²) in [6.45, 7) is 1.34. The maximum absolute atomic E-state index is 15.5. The zero-order chi connectivity index (χ0) is 53.3. The second-order valence-corrected chi connectivity index (χ2v) is 18.9. The number of cyclic esters (lactones) is 1. The summed E-state index contributed by atoms with van der Waals surface area (Å²) in [6.07, 6.45) is 3.72. The van der Waals surface area contributed by atoms with Gasteiger partial charge in [0.2, 0.25) is 35.8 Å². The Morgan fingerprint density at radius 3 is 2.33 bits per heavy atom. The molecule has 392 valence electrons. The van der Waals surface area contributed by atoms with Gasteiger partial charge < -0.3 is 45.7 Å². The van der Waals surface area contributed by atoms with Gasteiger partial charge in [-0.3, -0.25) is 53.0 Å². The molecule has 4 atom stereocenters. The van der Waals surface area contributed by atoms with Crippen molar-refractivity contribution in [2.45, 2.75) is 102 Å². The number of halogens is 1. The average molecular weight is 1030 g/mol. The molecule has 4 aliphatic heterocycles. The number of imide groups is 1. The topological polar surface area (TPSA) is 294 Å². The van der Waals surface area contributed by atoms with Crippen LogP contribution in [0.4, 0.5) is 4.39 Å². The number of benzene rings is 2. The molecule has 75 heavy (non-hydrogen) atoms. The van der Waals surface area contributed by atoms with Crippen LogP contribution in [-0.4, -0.2) is 123 Å². The number of carbonyl (C=O) groups excluding carboxylic acids is 9. The van der Waals surface area contributed by atoms with Crippen LogP contribution in [-0.2, 0) is 84.2 Å². The first-order valence-corrected chi connectivity index (χ1v) is 24.7. The summed E-state index contributed by atoms with van der Waals surface area (Å²) >= 11 is 0. The molecular formula is C52H54FN9O13. The summed E-state index contributed by atoms with van der Waals surface area (Å²) in [7, 11) is 0. The van der Waals surface area contributed by atoms with Crippen LogP contribution in [0.3, 0.4) is 0 Å². The number of hydrogen-bond donors (Lipinski definition) is 6. The molecule has 5 aliphatic rings. The van der Waals surface area contributed by atoms with E-state index in [-0.39, 0.29) is 67.8 Å². The van der Waals surface area contributed by atoms with Crippen LogP contribution in [0.15, 0.2) is 59.4 Å². The Morgan fingerprint density at radius 1 is 0.880 bits per heavy atom. The predicted molar refractivity (Wildman–Crippen MR) is 260 cm³/mol. The first kappa shape index (κ1) is 51.7. The fourth-order valence-electron chi connectivity index (χ4n) is 10.2. The van der Waals surface area contributed by atoms with E-state index in [9.17, 15) is 53.1 Å². The van der Waals surface area contributed by atoms with Gasteiger partial charge in [-0.2, -0.15) is 0 Å². The van der Waals surface area contributed by atoms with E-state index in [0.29, 0.717) is 76.6 Å². The number of carbonyl (C=O) groups is 9. The minimum absolute atomic E-state index is 0.0323. The molecule has 0 spiro atoms. The normalized spacial score (nSPS) is 19.3. The average Bonchev–Trinajstić information content (AvgIpc) is 3.70. The number of nitrogens with zero attached hydrogens (tertiary/aromatic N) is 4. The van der Waals surface area contributed by atoms with E-state index in [1.165, 1.54) is 27.7 Å². The second kappa shape index (κ2) is 21.3. The molecule has 0 saturated carbocycles. The van der Waals surface area contributed by atoms with E-state index in [2.05, 4.69) is 26.6 Å². The van der Waals surface area contributed by atoms with Gasteiger partial charge in [0.25, 0.3) is 23.3 Å². The van der Waals surface area contributed by atoms with Crippen LogP contribution >= 0.6 is 0 Å². The number of esters is 1. The minimum Gasteiger partial charge on any atom is -0.458 e. The third-order valence-electron chi connectivity index (χ3n) is 14.3. The number of aliphatic hydroxyl groups is 1. The fraction of sp³-hybridized carbons (Fsp3) is 0.404. The molecule has 1 saturated heterocycles. The highest BCUT2D eigenvalue weighted by Crippen LogP contribution is 2.50. The number of hydrogen-bond acceptors (Lipinski definition) is 14. The lowest BCUT2D eigenvalue weighted by molar-refractivity contribution is -0.172. The van der Waals surface area contributed by atoms with Crippen LogP contribution in [0.2, 0.25) is 0 Å². The van der Waals surface area contributed by atoms with Crippen LogP contribution in [0.1, 0.15) is 90.4 Å². The van der Waals surface area contributed by atoms with Gasteiger partial charge in [-0.15, -0.1) is 0 Å². The van der Waals surface area contributed by atoms with E-state index in [1.807, 2.05) is 0 Å².